The number of methoxy groups -OCH3 is 1. The summed E-state index contributed by atoms with van der Waals surface area (Å²) in [6, 6.07) is 5.05. The lowest BCUT2D eigenvalue weighted by Crippen LogP contribution is -2.42. The summed E-state index contributed by atoms with van der Waals surface area (Å²) in [4.78, 5) is 24.0. The molecule has 2 amide bonds. The molecular weight excluding hydrogens is 308 g/mol. The summed E-state index contributed by atoms with van der Waals surface area (Å²) < 4.78 is 10.4. The third-order valence-electron chi connectivity index (χ3n) is 4.15. The minimum atomic E-state index is -0.309. The number of esters is 1. The van der Waals surface area contributed by atoms with E-state index in [1.807, 2.05) is 39.0 Å². The quantitative estimate of drug-likeness (QED) is 0.811. The van der Waals surface area contributed by atoms with Gasteiger partial charge in [-0.15, -0.1) is 0 Å². The summed E-state index contributed by atoms with van der Waals surface area (Å²) in [5.41, 5.74) is 1.63. The number of hydrogen-bond acceptors (Lipinski definition) is 4. The first-order valence-electron chi connectivity index (χ1n) is 8.33. The number of hydrogen-bond donors (Lipinski definition) is 2. The second kappa shape index (κ2) is 8.04. The van der Waals surface area contributed by atoms with Crippen LogP contribution in [0.5, 0.6) is 5.75 Å². The summed E-state index contributed by atoms with van der Waals surface area (Å²) in [7, 11) is 1.38. The number of benzene rings is 1. The standard InChI is InChI=1S/C18H26N2O4/c1-11(2)24-13-8-9-15(12(3)10-13)19-18(22)20-16-7-5-6-14(16)17(21)23-4/h8-11,14,16H,5-7H2,1-4H3,(H2,19,20,22)/t14-,16-/m0/s1. The van der Waals surface area contributed by atoms with Crippen molar-refractivity contribution < 1.29 is 19.1 Å². The van der Waals surface area contributed by atoms with Crippen LogP contribution in [-0.2, 0) is 9.53 Å². The minimum Gasteiger partial charge on any atom is -0.491 e. The molecule has 2 rings (SSSR count). The van der Waals surface area contributed by atoms with Crippen molar-refractivity contribution >= 4 is 17.7 Å². The van der Waals surface area contributed by atoms with Gasteiger partial charge in [-0.05, 0) is 57.4 Å². The van der Waals surface area contributed by atoms with Crippen LogP contribution in [0.25, 0.3) is 0 Å². The third-order valence-corrected chi connectivity index (χ3v) is 4.15. The highest BCUT2D eigenvalue weighted by Crippen LogP contribution is 2.27. The molecule has 6 heteroatoms. The average Bonchev–Trinajstić information content (AvgIpc) is 2.96. The molecular formula is C18H26N2O4. The van der Waals surface area contributed by atoms with Crippen LogP contribution in [0.1, 0.15) is 38.7 Å². The molecule has 1 aromatic carbocycles. The molecule has 0 aromatic heterocycles. The van der Waals surface area contributed by atoms with Crippen LogP contribution in [0.3, 0.4) is 0 Å². The molecule has 0 heterocycles. The van der Waals surface area contributed by atoms with Gasteiger partial charge < -0.3 is 20.1 Å². The fourth-order valence-corrected chi connectivity index (χ4v) is 3.01. The Morgan fingerprint density at radius 3 is 2.62 bits per heavy atom. The lowest BCUT2D eigenvalue weighted by Gasteiger charge is -2.20. The highest BCUT2D eigenvalue weighted by molar-refractivity contribution is 5.90. The molecule has 132 valence electrons. The molecule has 2 atom stereocenters. The van der Waals surface area contributed by atoms with E-state index in [1.54, 1.807) is 0 Å². The molecule has 24 heavy (non-hydrogen) atoms. The first-order valence-corrected chi connectivity index (χ1v) is 8.33. The van der Waals surface area contributed by atoms with Crippen molar-refractivity contribution in [2.45, 2.75) is 52.2 Å². The summed E-state index contributed by atoms with van der Waals surface area (Å²) in [6.07, 6.45) is 2.54. The molecule has 0 aliphatic heterocycles. The van der Waals surface area contributed by atoms with E-state index in [9.17, 15) is 9.59 Å². The number of ether oxygens (including phenoxy) is 2. The van der Waals surface area contributed by atoms with Gasteiger partial charge >= 0.3 is 12.0 Å². The Labute approximate surface area is 142 Å². The number of urea groups is 1. The first-order chi connectivity index (χ1) is 11.4. The number of carbonyl (C=O) groups excluding carboxylic acids is 2. The van der Waals surface area contributed by atoms with E-state index in [0.717, 1.165) is 36.3 Å². The number of nitrogens with one attached hydrogen (secondary N) is 2. The van der Waals surface area contributed by atoms with Crippen molar-refractivity contribution in [3.63, 3.8) is 0 Å². The third kappa shape index (κ3) is 4.63. The van der Waals surface area contributed by atoms with Crippen LogP contribution in [0.4, 0.5) is 10.5 Å². The largest absolute Gasteiger partial charge is 0.491 e. The van der Waals surface area contributed by atoms with Gasteiger partial charge in [0, 0.05) is 11.7 Å². The lowest BCUT2D eigenvalue weighted by atomic mass is 10.0. The Hall–Kier alpha value is -2.24. The summed E-state index contributed by atoms with van der Waals surface area (Å²) in [5.74, 6) is 0.253. The summed E-state index contributed by atoms with van der Waals surface area (Å²) in [6.45, 7) is 5.85. The predicted octanol–water partition coefficient (Wildman–Crippen LogP) is 3.25. The van der Waals surface area contributed by atoms with E-state index >= 15 is 0 Å². The average molecular weight is 334 g/mol. The van der Waals surface area contributed by atoms with Crippen molar-refractivity contribution in [3.8, 4) is 5.75 Å². The zero-order valence-electron chi connectivity index (χ0n) is 14.7. The topological polar surface area (TPSA) is 76.7 Å². The zero-order valence-corrected chi connectivity index (χ0v) is 14.7. The van der Waals surface area contributed by atoms with E-state index in [1.165, 1.54) is 7.11 Å². The molecule has 1 aromatic rings. The maximum atomic E-state index is 12.2. The molecule has 1 aliphatic carbocycles. The van der Waals surface area contributed by atoms with Crippen LogP contribution in [0.15, 0.2) is 18.2 Å². The molecule has 0 unspecified atom stereocenters. The Kier molecular flexibility index (Phi) is 6.06. The predicted molar refractivity (Wildman–Crippen MR) is 92.2 cm³/mol. The van der Waals surface area contributed by atoms with Crippen molar-refractivity contribution in [3.05, 3.63) is 23.8 Å². The van der Waals surface area contributed by atoms with Crippen molar-refractivity contribution in [2.75, 3.05) is 12.4 Å². The van der Waals surface area contributed by atoms with Crippen LogP contribution in [0.2, 0.25) is 0 Å². The number of rotatable bonds is 5. The number of amides is 2. The van der Waals surface area contributed by atoms with Gasteiger partial charge in [-0.3, -0.25) is 4.79 Å². The van der Waals surface area contributed by atoms with Gasteiger partial charge in [-0.2, -0.15) is 0 Å². The van der Waals surface area contributed by atoms with E-state index < -0.39 is 0 Å². The van der Waals surface area contributed by atoms with E-state index in [2.05, 4.69) is 10.6 Å². The SMILES string of the molecule is COC(=O)[C@H]1CCC[C@@H]1NC(=O)Nc1ccc(OC(C)C)cc1C. The Morgan fingerprint density at radius 2 is 2.00 bits per heavy atom. The Bertz CT molecular complexity index is 601. The number of anilines is 1. The maximum absolute atomic E-state index is 12.2. The van der Waals surface area contributed by atoms with Crippen molar-refractivity contribution in [1.82, 2.24) is 5.32 Å². The lowest BCUT2D eigenvalue weighted by molar-refractivity contribution is -0.145. The van der Waals surface area contributed by atoms with Crippen LogP contribution in [0, 0.1) is 12.8 Å². The number of carbonyl (C=O) groups is 2. The Balaban J connectivity index is 1.96. The van der Waals surface area contributed by atoms with Gasteiger partial charge in [0.05, 0.1) is 19.1 Å². The van der Waals surface area contributed by atoms with Crippen molar-refractivity contribution in [1.29, 1.82) is 0 Å². The van der Waals surface area contributed by atoms with Gasteiger partial charge in [0.25, 0.3) is 0 Å². The molecule has 0 spiro atoms. The molecule has 0 radical (unpaired) electrons. The molecule has 2 N–H and O–H groups in total. The molecule has 6 nitrogen and oxygen atoms in total. The van der Waals surface area contributed by atoms with Gasteiger partial charge in [0.2, 0.25) is 0 Å². The molecule has 1 saturated carbocycles. The smallest absolute Gasteiger partial charge is 0.319 e. The molecule has 0 saturated heterocycles. The van der Waals surface area contributed by atoms with Gasteiger partial charge in [0.15, 0.2) is 0 Å². The minimum absolute atomic E-state index is 0.101. The fourth-order valence-electron chi connectivity index (χ4n) is 3.01. The van der Waals surface area contributed by atoms with Crippen molar-refractivity contribution in [2.24, 2.45) is 5.92 Å². The van der Waals surface area contributed by atoms with Gasteiger partial charge in [-0.1, -0.05) is 6.42 Å². The summed E-state index contributed by atoms with van der Waals surface area (Å²) >= 11 is 0. The van der Waals surface area contributed by atoms with Gasteiger partial charge in [0.1, 0.15) is 5.75 Å². The van der Waals surface area contributed by atoms with Crippen LogP contribution in [-0.4, -0.2) is 31.3 Å². The second-order valence-corrected chi connectivity index (χ2v) is 6.41. The highest BCUT2D eigenvalue weighted by Gasteiger charge is 2.34. The zero-order chi connectivity index (χ0) is 17.7. The van der Waals surface area contributed by atoms with Gasteiger partial charge in [-0.25, -0.2) is 4.79 Å². The first kappa shape index (κ1) is 18.1. The maximum Gasteiger partial charge on any atom is 0.319 e. The molecule has 1 fully saturated rings. The monoisotopic (exact) mass is 334 g/mol. The van der Waals surface area contributed by atoms with Crippen LogP contribution < -0.4 is 15.4 Å². The van der Waals surface area contributed by atoms with Crippen LogP contribution >= 0.6 is 0 Å². The second-order valence-electron chi connectivity index (χ2n) is 6.41. The van der Waals surface area contributed by atoms with E-state index in [0.29, 0.717) is 0 Å². The van der Waals surface area contributed by atoms with E-state index in [4.69, 9.17) is 9.47 Å². The molecule has 1 aliphatic rings. The highest BCUT2D eigenvalue weighted by atomic mass is 16.5. The van der Waals surface area contributed by atoms with E-state index in [-0.39, 0.29) is 30.1 Å². The Morgan fingerprint density at radius 1 is 1.25 bits per heavy atom. The summed E-state index contributed by atoms with van der Waals surface area (Å²) in [5, 5.41) is 5.72. The molecule has 0 bridgehead atoms. The fraction of sp³-hybridized carbons (Fsp3) is 0.556. The number of aryl methyl sites for hydroxylation is 1. The normalized spacial score (nSPS) is 19.9.